The number of hydrogen-bond donors (Lipinski definition) is 1. The molecule has 1 aliphatic rings. The maximum atomic E-state index is 12.8. The topological polar surface area (TPSA) is 82.6 Å². The summed E-state index contributed by atoms with van der Waals surface area (Å²) >= 11 is 0. The van der Waals surface area contributed by atoms with Crippen molar-refractivity contribution in [3.63, 3.8) is 0 Å². The molecule has 7 nitrogen and oxygen atoms in total. The second kappa shape index (κ2) is 8.81. The van der Waals surface area contributed by atoms with Crippen molar-refractivity contribution in [1.82, 2.24) is 19.5 Å². The molecule has 0 aliphatic carbocycles. The largest absolute Gasteiger partial charge is 0.347 e. The van der Waals surface area contributed by atoms with Crippen molar-refractivity contribution in [2.24, 2.45) is 0 Å². The predicted molar refractivity (Wildman–Crippen MR) is 107 cm³/mol. The van der Waals surface area contributed by atoms with Crippen molar-refractivity contribution < 1.29 is 13.2 Å². The Kier molecular flexibility index (Phi) is 6.43. The van der Waals surface area contributed by atoms with Crippen LogP contribution in [0.4, 0.5) is 0 Å². The number of rotatable bonds is 6. The highest BCUT2D eigenvalue weighted by atomic mass is 32.2. The number of aromatic nitrogens is 1. The molecule has 1 aromatic carbocycles. The minimum Gasteiger partial charge on any atom is -0.347 e. The van der Waals surface area contributed by atoms with Gasteiger partial charge in [-0.1, -0.05) is 23.8 Å². The molecule has 1 fully saturated rings. The van der Waals surface area contributed by atoms with Gasteiger partial charge < -0.3 is 5.32 Å². The Morgan fingerprint density at radius 2 is 1.79 bits per heavy atom. The molecule has 0 radical (unpaired) electrons. The Morgan fingerprint density at radius 1 is 1.11 bits per heavy atom. The highest BCUT2D eigenvalue weighted by Gasteiger charge is 2.29. The quantitative estimate of drug-likeness (QED) is 0.793. The van der Waals surface area contributed by atoms with Gasteiger partial charge in [-0.25, -0.2) is 8.42 Å². The van der Waals surface area contributed by atoms with E-state index < -0.39 is 10.0 Å². The average Bonchev–Trinajstić information content (AvgIpc) is 2.69. The van der Waals surface area contributed by atoms with E-state index in [1.807, 2.05) is 36.9 Å². The molecule has 0 spiro atoms. The summed E-state index contributed by atoms with van der Waals surface area (Å²) in [6.45, 7) is 5.86. The van der Waals surface area contributed by atoms with Gasteiger partial charge in [0.1, 0.15) is 0 Å². The summed E-state index contributed by atoms with van der Waals surface area (Å²) in [4.78, 5) is 18.8. The van der Waals surface area contributed by atoms with Crippen LogP contribution in [0.15, 0.2) is 53.6 Å². The molecule has 0 bridgehead atoms. The predicted octanol–water partition coefficient (Wildman–Crippen LogP) is 1.57. The van der Waals surface area contributed by atoms with E-state index >= 15 is 0 Å². The molecule has 0 saturated carbocycles. The summed E-state index contributed by atoms with van der Waals surface area (Å²) in [7, 11) is -3.49. The number of piperazine rings is 1. The molecule has 28 heavy (non-hydrogen) atoms. The lowest BCUT2D eigenvalue weighted by atomic mass is 10.2. The van der Waals surface area contributed by atoms with Gasteiger partial charge in [0.15, 0.2) is 0 Å². The fourth-order valence-corrected chi connectivity index (χ4v) is 4.61. The van der Waals surface area contributed by atoms with Gasteiger partial charge in [-0.05, 0) is 38.1 Å². The third kappa shape index (κ3) is 4.95. The molecule has 150 valence electrons. The Labute approximate surface area is 166 Å². The number of carbonyl (C=O) groups is 1. The Hall–Kier alpha value is -2.29. The van der Waals surface area contributed by atoms with E-state index in [9.17, 15) is 13.2 Å². The van der Waals surface area contributed by atoms with Gasteiger partial charge in [0.2, 0.25) is 15.9 Å². The number of benzene rings is 1. The van der Waals surface area contributed by atoms with Gasteiger partial charge >= 0.3 is 0 Å². The zero-order chi connectivity index (χ0) is 20.1. The molecule has 8 heteroatoms. The third-order valence-corrected chi connectivity index (χ3v) is 6.78. The molecule has 1 saturated heterocycles. The summed E-state index contributed by atoms with van der Waals surface area (Å²) < 4.78 is 27.0. The van der Waals surface area contributed by atoms with Crippen molar-refractivity contribution in [3.8, 4) is 0 Å². The van der Waals surface area contributed by atoms with Gasteiger partial charge in [-0.15, -0.1) is 0 Å². The standard InChI is InChI=1S/C20H26N4O3S/c1-16-6-8-18(9-7-16)28(26,27)24-13-11-23(12-14-24)15-20(25)22-17(2)19-5-3-4-10-21-19/h3-10,17H,11-15H2,1-2H3,(H,22,25). The van der Waals surface area contributed by atoms with Crippen molar-refractivity contribution in [2.75, 3.05) is 32.7 Å². The lowest BCUT2D eigenvalue weighted by Crippen LogP contribution is -2.51. The molecule has 1 atom stereocenters. The number of nitrogens with zero attached hydrogens (tertiary/aromatic N) is 3. The highest BCUT2D eigenvalue weighted by Crippen LogP contribution is 2.18. The Bertz CT molecular complexity index is 893. The second-order valence-corrected chi connectivity index (χ2v) is 8.98. The van der Waals surface area contributed by atoms with Crippen LogP contribution in [0.1, 0.15) is 24.2 Å². The molecule has 2 aromatic rings. The zero-order valence-electron chi connectivity index (χ0n) is 16.2. The minimum atomic E-state index is -3.49. The molecule has 1 amide bonds. The lowest BCUT2D eigenvalue weighted by Gasteiger charge is -2.33. The van der Waals surface area contributed by atoms with Crippen LogP contribution < -0.4 is 5.32 Å². The fraction of sp³-hybridized carbons (Fsp3) is 0.400. The Balaban J connectivity index is 1.51. The van der Waals surface area contributed by atoms with E-state index in [1.54, 1.807) is 30.5 Å². The molecular weight excluding hydrogens is 376 g/mol. The maximum absolute atomic E-state index is 12.8. The van der Waals surface area contributed by atoms with Crippen LogP contribution in [0, 0.1) is 6.92 Å². The monoisotopic (exact) mass is 402 g/mol. The van der Waals surface area contributed by atoms with Crippen molar-refractivity contribution >= 4 is 15.9 Å². The first-order valence-electron chi connectivity index (χ1n) is 9.36. The average molecular weight is 403 g/mol. The summed E-state index contributed by atoms with van der Waals surface area (Å²) in [5.41, 5.74) is 1.83. The lowest BCUT2D eigenvalue weighted by molar-refractivity contribution is -0.123. The number of aryl methyl sites for hydroxylation is 1. The summed E-state index contributed by atoms with van der Waals surface area (Å²) in [6, 6.07) is 12.3. The number of hydrogen-bond acceptors (Lipinski definition) is 5. The number of carbonyl (C=O) groups excluding carboxylic acids is 1. The molecule has 1 N–H and O–H groups in total. The molecule has 1 unspecified atom stereocenters. The van der Waals surface area contributed by atoms with E-state index in [-0.39, 0.29) is 18.5 Å². The van der Waals surface area contributed by atoms with E-state index in [1.165, 1.54) is 4.31 Å². The Morgan fingerprint density at radius 3 is 2.39 bits per heavy atom. The van der Waals surface area contributed by atoms with Gasteiger partial charge in [-0.2, -0.15) is 4.31 Å². The van der Waals surface area contributed by atoms with E-state index in [0.717, 1.165) is 11.3 Å². The van der Waals surface area contributed by atoms with Crippen LogP contribution in [-0.4, -0.2) is 61.2 Å². The molecule has 1 aromatic heterocycles. The van der Waals surface area contributed by atoms with E-state index in [4.69, 9.17) is 0 Å². The van der Waals surface area contributed by atoms with Crippen LogP contribution >= 0.6 is 0 Å². The summed E-state index contributed by atoms with van der Waals surface area (Å²) in [5.74, 6) is -0.0898. The van der Waals surface area contributed by atoms with Crippen LogP contribution in [-0.2, 0) is 14.8 Å². The zero-order valence-corrected chi connectivity index (χ0v) is 17.0. The fourth-order valence-electron chi connectivity index (χ4n) is 3.18. The van der Waals surface area contributed by atoms with Crippen LogP contribution in [0.2, 0.25) is 0 Å². The third-order valence-electron chi connectivity index (χ3n) is 4.87. The highest BCUT2D eigenvalue weighted by molar-refractivity contribution is 7.89. The first kappa shape index (κ1) is 20.4. The first-order chi connectivity index (χ1) is 13.4. The number of nitrogens with one attached hydrogen (secondary N) is 1. The smallest absolute Gasteiger partial charge is 0.243 e. The molecule has 2 heterocycles. The minimum absolute atomic E-state index is 0.0898. The van der Waals surface area contributed by atoms with Crippen molar-refractivity contribution in [3.05, 3.63) is 59.9 Å². The van der Waals surface area contributed by atoms with Crippen LogP contribution in [0.5, 0.6) is 0 Å². The van der Waals surface area contributed by atoms with E-state index in [0.29, 0.717) is 31.1 Å². The van der Waals surface area contributed by atoms with Gasteiger partial charge in [0.05, 0.1) is 23.2 Å². The normalized spacial score (nSPS) is 17.2. The van der Waals surface area contributed by atoms with Crippen LogP contribution in [0.25, 0.3) is 0 Å². The van der Waals surface area contributed by atoms with Crippen molar-refractivity contribution in [2.45, 2.75) is 24.8 Å². The van der Waals surface area contributed by atoms with E-state index in [2.05, 4.69) is 10.3 Å². The van der Waals surface area contributed by atoms with Gasteiger partial charge in [0, 0.05) is 32.4 Å². The number of amides is 1. The van der Waals surface area contributed by atoms with Crippen LogP contribution in [0.3, 0.4) is 0 Å². The maximum Gasteiger partial charge on any atom is 0.243 e. The van der Waals surface area contributed by atoms with Gasteiger partial charge in [-0.3, -0.25) is 14.7 Å². The molecule has 3 rings (SSSR count). The first-order valence-corrected chi connectivity index (χ1v) is 10.8. The molecule has 1 aliphatic heterocycles. The number of sulfonamides is 1. The van der Waals surface area contributed by atoms with Gasteiger partial charge in [0.25, 0.3) is 0 Å². The van der Waals surface area contributed by atoms with Crippen molar-refractivity contribution in [1.29, 1.82) is 0 Å². The summed E-state index contributed by atoms with van der Waals surface area (Å²) in [5, 5.41) is 2.94. The molecular formula is C20H26N4O3S. The number of pyridine rings is 1. The second-order valence-electron chi connectivity index (χ2n) is 7.04. The summed E-state index contributed by atoms with van der Waals surface area (Å²) in [6.07, 6.45) is 1.70. The SMILES string of the molecule is Cc1ccc(S(=O)(=O)N2CCN(CC(=O)NC(C)c3ccccn3)CC2)cc1.